The number of nitrogens with zero attached hydrogens (tertiary/aromatic N) is 2. The second kappa shape index (κ2) is 11.2. The van der Waals surface area contributed by atoms with Crippen LogP contribution in [0.25, 0.3) is 22.3 Å². The van der Waals surface area contributed by atoms with E-state index in [1.807, 2.05) is 35.2 Å². The Kier molecular flexibility index (Phi) is 7.33. The molecule has 2 amide bonds. The molecule has 1 fully saturated rings. The van der Waals surface area contributed by atoms with Crippen LogP contribution in [-0.2, 0) is 4.79 Å². The highest BCUT2D eigenvalue weighted by Crippen LogP contribution is 2.34. The first-order chi connectivity index (χ1) is 19.3. The number of benzene rings is 2. The number of carbonyl (C=O) groups is 2. The second-order valence-electron chi connectivity index (χ2n) is 9.25. The molecule has 0 radical (unpaired) electrons. The van der Waals surface area contributed by atoms with Crippen LogP contribution < -0.4 is 31.8 Å². The third-order valence-corrected chi connectivity index (χ3v) is 6.51. The molecule has 0 bridgehead atoms. The first-order valence-electron chi connectivity index (χ1n) is 12.7. The molecule has 4 aromatic rings. The maximum absolute atomic E-state index is 12.7. The van der Waals surface area contributed by atoms with Crippen LogP contribution in [0.4, 0.5) is 5.82 Å². The van der Waals surface area contributed by atoms with Gasteiger partial charge in [0.25, 0.3) is 11.8 Å². The van der Waals surface area contributed by atoms with Crippen molar-refractivity contribution in [2.75, 3.05) is 18.0 Å². The maximum atomic E-state index is 12.7. The number of hydrogen-bond acceptors (Lipinski definition) is 7. The molecule has 2 aromatic heterocycles. The van der Waals surface area contributed by atoms with Gasteiger partial charge < -0.3 is 30.7 Å². The highest BCUT2D eigenvalue weighted by atomic mass is 16.5. The van der Waals surface area contributed by atoms with Crippen LogP contribution in [0, 0.1) is 11.8 Å². The molecule has 11 heteroatoms. The first-order valence-corrected chi connectivity index (χ1v) is 12.7. The van der Waals surface area contributed by atoms with E-state index in [1.54, 1.807) is 31.2 Å². The van der Waals surface area contributed by atoms with E-state index in [-0.39, 0.29) is 34.2 Å². The van der Waals surface area contributed by atoms with Crippen LogP contribution in [0.5, 0.6) is 11.5 Å². The van der Waals surface area contributed by atoms with Crippen LogP contribution in [-0.4, -0.2) is 45.9 Å². The van der Waals surface area contributed by atoms with Gasteiger partial charge in [0.2, 0.25) is 0 Å². The summed E-state index contributed by atoms with van der Waals surface area (Å²) in [6.45, 7) is 2.52. The third kappa shape index (κ3) is 5.42. The Labute approximate surface area is 228 Å². The lowest BCUT2D eigenvalue weighted by Crippen LogP contribution is -2.48. The molecule has 5 N–H and O–H groups in total. The van der Waals surface area contributed by atoms with Crippen molar-refractivity contribution >= 4 is 28.7 Å². The van der Waals surface area contributed by atoms with Crippen molar-refractivity contribution in [2.24, 2.45) is 5.73 Å². The monoisotopic (exact) mass is 538 g/mol. The fourth-order valence-electron chi connectivity index (χ4n) is 4.76. The predicted molar refractivity (Wildman–Crippen MR) is 150 cm³/mol. The molecule has 1 atom stereocenters. The van der Waals surface area contributed by atoms with Crippen molar-refractivity contribution in [2.45, 2.75) is 25.8 Å². The average molecular weight is 539 g/mol. The number of anilines is 1. The van der Waals surface area contributed by atoms with E-state index in [4.69, 9.17) is 15.5 Å². The van der Waals surface area contributed by atoms with Crippen molar-refractivity contribution in [3.63, 3.8) is 0 Å². The van der Waals surface area contributed by atoms with Crippen LogP contribution in [0.1, 0.15) is 30.1 Å². The van der Waals surface area contributed by atoms with E-state index in [0.29, 0.717) is 36.0 Å². The van der Waals surface area contributed by atoms with Gasteiger partial charge in [0.05, 0.1) is 16.8 Å². The minimum atomic E-state index is -0.924. The number of H-pyrrole nitrogens is 2. The zero-order valence-electron chi connectivity index (χ0n) is 21.6. The van der Waals surface area contributed by atoms with Gasteiger partial charge >= 0.3 is 11.1 Å². The van der Waals surface area contributed by atoms with E-state index in [9.17, 15) is 19.2 Å². The molecule has 5 rings (SSSR count). The van der Waals surface area contributed by atoms with Crippen LogP contribution in [0.3, 0.4) is 0 Å². The van der Waals surface area contributed by atoms with Crippen molar-refractivity contribution in [3.8, 4) is 34.6 Å². The predicted octanol–water partition coefficient (Wildman–Crippen LogP) is 2.28. The van der Waals surface area contributed by atoms with E-state index >= 15 is 0 Å². The number of carbonyl (C=O) groups excluding carboxylic acids is 2. The molecule has 1 saturated heterocycles. The van der Waals surface area contributed by atoms with Crippen molar-refractivity contribution < 1.29 is 14.3 Å². The molecule has 0 aliphatic carbocycles. The van der Waals surface area contributed by atoms with Gasteiger partial charge in [-0.25, -0.2) is 4.98 Å². The molecule has 11 nitrogen and oxygen atoms in total. The molecular formula is C29H26N6O5. The number of nitrogens with one attached hydrogen (secondary N) is 3. The zero-order valence-corrected chi connectivity index (χ0v) is 21.6. The summed E-state index contributed by atoms with van der Waals surface area (Å²) >= 11 is 0. The summed E-state index contributed by atoms with van der Waals surface area (Å²) in [5.74, 6) is 5.43. The quantitative estimate of drug-likeness (QED) is 0.216. The topological polar surface area (TPSA) is 163 Å². The Morgan fingerprint density at radius 3 is 2.38 bits per heavy atom. The van der Waals surface area contributed by atoms with Crippen LogP contribution >= 0.6 is 0 Å². The average Bonchev–Trinajstić information content (AvgIpc) is 2.94. The third-order valence-electron chi connectivity index (χ3n) is 6.51. The van der Waals surface area contributed by atoms with Gasteiger partial charge in [-0.15, -0.1) is 0 Å². The number of pyridine rings is 1. The largest absolute Gasteiger partial charge is 0.457 e. The van der Waals surface area contributed by atoms with Crippen molar-refractivity contribution in [1.82, 2.24) is 20.3 Å². The van der Waals surface area contributed by atoms with Gasteiger partial charge in [0.15, 0.2) is 5.82 Å². The molecule has 1 aliphatic heterocycles. The van der Waals surface area contributed by atoms with Crippen molar-refractivity contribution in [1.29, 1.82) is 0 Å². The number of ether oxygens (including phenoxy) is 1. The van der Waals surface area contributed by atoms with Gasteiger partial charge in [-0.3, -0.25) is 19.2 Å². The number of primary amides is 1. The first kappa shape index (κ1) is 26.2. The Bertz CT molecular complexity index is 1770. The number of amides is 2. The zero-order chi connectivity index (χ0) is 28.2. The highest BCUT2D eigenvalue weighted by Gasteiger charge is 2.28. The lowest BCUT2D eigenvalue weighted by molar-refractivity contribution is -0.116. The summed E-state index contributed by atoms with van der Waals surface area (Å²) in [6, 6.07) is 16.0. The Hall–Kier alpha value is -5.37. The molecule has 1 aliphatic rings. The SMILES string of the molecule is CC#CC(=O)N[C@@H]1CCCN(c2nc(-c3ccc(Oc4ccccc4)cc3)c(C(N)=O)c3[nH]c(=O)c(=O)[nH]c23)C1. The number of aromatic nitrogens is 3. The van der Waals surface area contributed by atoms with Crippen LogP contribution in [0.2, 0.25) is 0 Å². The molecule has 0 saturated carbocycles. The van der Waals surface area contributed by atoms with Gasteiger partial charge in [0, 0.05) is 24.7 Å². The van der Waals surface area contributed by atoms with Gasteiger partial charge in [-0.1, -0.05) is 24.1 Å². The Morgan fingerprint density at radius 2 is 1.70 bits per heavy atom. The van der Waals surface area contributed by atoms with Gasteiger partial charge in [-0.2, -0.15) is 0 Å². The Balaban J connectivity index is 1.61. The highest BCUT2D eigenvalue weighted by molar-refractivity contribution is 6.11. The molecule has 0 spiro atoms. The number of para-hydroxylation sites is 1. The lowest BCUT2D eigenvalue weighted by Gasteiger charge is -2.34. The molecule has 0 unspecified atom stereocenters. The normalized spacial score (nSPS) is 14.7. The smallest absolute Gasteiger partial charge is 0.314 e. The van der Waals surface area contributed by atoms with E-state index in [0.717, 1.165) is 12.8 Å². The fourth-order valence-corrected chi connectivity index (χ4v) is 4.76. The summed E-state index contributed by atoms with van der Waals surface area (Å²) in [5.41, 5.74) is 4.95. The molecular weight excluding hydrogens is 512 g/mol. The summed E-state index contributed by atoms with van der Waals surface area (Å²) in [6.07, 6.45) is 1.45. The van der Waals surface area contributed by atoms with E-state index in [2.05, 4.69) is 27.1 Å². The molecule has 3 heterocycles. The number of piperidine rings is 1. The van der Waals surface area contributed by atoms with Crippen molar-refractivity contribution in [3.05, 3.63) is 80.9 Å². The minimum Gasteiger partial charge on any atom is -0.457 e. The van der Waals surface area contributed by atoms with E-state index < -0.39 is 17.0 Å². The van der Waals surface area contributed by atoms with Gasteiger partial charge in [-0.05, 0) is 62.1 Å². The fraction of sp³-hybridized carbons (Fsp3) is 0.207. The lowest BCUT2D eigenvalue weighted by atomic mass is 10.0. The summed E-state index contributed by atoms with van der Waals surface area (Å²) in [5, 5.41) is 2.89. The molecule has 2 aromatic carbocycles. The van der Waals surface area contributed by atoms with Crippen LogP contribution in [0.15, 0.2) is 64.2 Å². The number of aromatic amines is 2. The molecule has 40 heavy (non-hydrogen) atoms. The van der Waals surface area contributed by atoms with E-state index in [1.165, 1.54) is 0 Å². The summed E-state index contributed by atoms with van der Waals surface area (Å²) in [4.78, 5) is 61.2. The second-order valence-corrected chi connectivity index (χ2v) is 9.25. The molecule has 202 valence electrons. The summed E-state index contributed by atoms with van der Waals surface area (Å²) in [7, 11) is 0. The standard InChI is InChI=1S/C29H26N6O5/c1-2-7-21(36)31-18-8-6-15-35(16-18)27-25-24(33-28(38)29(39)34-25)22(26(30)37)23(32-27)17-11-13-20(14-12-17)40-19-9-4-3-5-10-19/h3-5,9-14,18H,6,8,15-16H2,1H3,(H2,30,37)(H,31,36)(H,33,38)(H,34,39)/t18-/m1/s1. The Morgan fingerprint density at radius 1 is 1.02 bits per heavy atom. The van der Waals surface area contributed by atoms with Gasteiger partial charge in [0.1, 0.15) is 17.0 Å². The number of fused-ring (bicyclic) bond motifs is 1. The minimum absolute atomic E-state index is 0.0380. The number of rotatable bonds is 6. The summed E-state index contributed by atoms with van der Waals surface area (Å²) < 4.78 is 5.87. The number of hydrogen-bond donors (Lipinski definition) is 4. The maximum Gasteiger partial charge on any atom is 0.314 e. The number of nitrogens with two attached hydrogens (primary N) is 1.